The van der Waals surface area contributed by atoms with E-state index >= 15 is 0 Å². The Morgan fingerprint density at radius 3 is 2.17 bits per heavy atom. The molecule has 0 saturated carbocycles. The van der Waals surface area contributed by atoms with Crippen molar-refractivity contribution in [2.75, 3.05) is 27.2 Å². The number of nitrogens with one attached hydrogen (secondary N) is 2. The maximum absolute atomic E-state index is 12.0. The van der Waals surface area contributed by atoms with E-state index in [1.165, 1.54) is 5.56 Å². The van der Waals surface area contributed by atoms with Crippen LogP contribution in [0.15, 0.2) is 59.6 Å². The fourth-order valence-electron chi connectivity index (χ4n) is 3.06. The molecule has 1 amide bonds. The van der Waals surface area contributed by atoms with Crippen LogP contribution in [0.1, 0.15) is 42.3 Å². The van der Waals surface area contributed by atoms with Crippen molar-refractivity contribution in [2.45, 2.75) is 33.7 Å². The lowest BCUT2D eigenvalue weighted by Crippen LogP contribution is -2.42. The molecular formula is C24H35IN4O. The summed E-state index contributed by atoms with van der Waals surface area (Å²) >= 11 is 0. The minimum absolute atomic E-state index is 0. The Hall–Kier alpha value is -2.09. The van der Waals surface area contributed by atoms with E-state index in [0.29, 0.717) is 12.1 Å². The van der Waals surface area contributed by atoms with Crippen LogP contribution in [0.25, 0.3) is 0 Å². The van der Waals surface area contributed by atoms with Gasteiger partial charge in [-0.3, -0.25) is 4.79 Å². The van der Waals surface area contributed by atoms with Gasteiger partial charge in [-0.1, -0.05) is 56.3 Å². The summed E-state index contributed by atoms with van der Waals surface area (Å²) in [5, 5.41) is 6.79. The lowest BCUT2D eigenvalue weighted by atomic mass is 9.86. The topological polar surface area (TPSA) is 56.7 Å². The van der Waals surface area contributed by atoms with Gasteiger partial charge in [-0.25, -0.2) is 4.99 Å². The summed E-state index contributed by atoms with van der Waals surface area (Å²) in [6, 6.07) is 18.2. The zero-order valence-electron chi connectivity index (χ0n) is 18.7. The van der Waals surface area contributed by atoms with Gasteiger partial charge < -0.3 is 15.5 Å². The minimum atomic E-state index is 0. The van der Waals surface area contributed by atoms with Gasteiger partial charge in [0.25, 0.3) is 5.91 Å². The van der Waals surface area contributed by atoms with Crippen LogP contribution in [-0.2, 0) is 13.0 Å². The highest BCUT2D eigenvalue weighted by atomic mass is 127. The van der Waals surface area contributed by atoms with E-state index in [9.17, 15) is 4.79 Å². The first-order chi connectivity index (χ1) is 13.8. The van der Waals surface area contributed by atoms with Crippen molar-refractivity contribution in [1.29, 1.82) is 0 Å². The Labute approximate surface area is 198 Å². The van der Waals surface area contributed by atoms with E-state index in [0.717, 1.165) is 31.0 Å². The van der Waals surface area contributed by atoms with Crippen molar-refractivity contribution in [3.05, 3.63) is 71.3 Å². The fourth-order valence-corrected chi connectivity index (χ4v) is 3.06. The van der Waals surface area contributed by atoms with Crippen molar-refractivity contribution >= 4 is 35.8 Å². The molecule has 0 heterocycles. The van der Waals surface area contributed by atoms with Gasteiger partial charge >= 0.3 is 0 Å². The molecular weight excluding hydrogens is 487 g/mol. The highest BCUT2D eigenvalue weighted by Gasteiger charge is 2.19. The summed E-state index contributed by atoms with van der Waals surface area (Å²) in [4.78, 5) is 18.3. The molecule has 0 aliphatic heterocycles. The standard InChI is InChI=1S/C24H34N4O.HI/c1-6-25-23(27-18-24(2,3)16-19-10-8-7-9-11-19)26-17-20-12-14-21(15-13-20)22(29)28(4)5;/h7-15H,6,16-18H2,1-5H3,(H2,25,26,27);1H. The molecule has 164 valence electrons. The van der Waals surface area contributed by atoms with Crippen LogP contribution in [0.2, 0.25) is 0 Å². The molecule has 30 heavy (non-hydrogen) atoms. The van der Waals surface area contributed by atoms with E-state index in [2.05, 4.69) is 55.7 Å². The Balaban J connectivity index is 0.00000450. The maximum Gasteiger partial charge on any atom is 0.253 e. The molecule has 0 spiro atoms. The molecule has 0 fully saturated rings. The van der Waals surface area contributed by atoms with Crippen molar-refractivity contribution in [3.63, 3.8) is 0 Å². The molecule has 0 atom stereocenters. The largest absolute Gasteiger partial charge is 0.357 e. The molecule has 0 aromatic heterocycles. The predicted octanol–water partition coefficient (Wildman–Crippen LogP) is 4.33. The van der Waals surface area contributed by atoms with Gasteiger partial charge in [0.05, 0.1) is 6.54 Å². The Bertz CT molecular complexity index is 802. The van der Waals surface area contributed by atoms with Crippen molar-refractivity contribution < 1.29 is 4.79 Å². The molecule has 2 aromatic carbocycles. The number of rotatable bonds is 8. The van der Waals surface area contributed by atoms with E-state index in [4.69, 9.17) is 4.99 Å². The second-order valence-corrected chi connectivity index (χ2v) is 8.27. The van der Waals surface area contributed by atoms with Crippen LogP contribution in [-0.4, -0.2) is 44.0 Å². The molecule has 0 bridgehead atoms. The number of aliphatic imine (C=N–C) groups is 1. The van der Waals surface area contributed by atoms with Crippen molar-refractivity contribution in [1.82, 2.24) is 15.5 Å². The van der Waals surface area contributed by atoms with Gasteiger partial charge in [0.15, 0.2) is 5.96 Å². The van der Waals surface area contributed by atoms with Gasteiger partial charge in [0.1, 0.15) is 0 Å². The van der Waals surface area contributed by atoms with Crippen LogP contribution < -0.4 is 10.6 Å². The highest BCUT2D eigenvalue weighted by molar-refractivity contribution is 14.0. The molecule has 2 aromatic rings. The first-order valence-corrected chi connectivity index (χ1v) is 10.2. The SMILES string of the molecule is CCNC(=NCc1ccc(C(=O)N(C)C)cc1)NCC(C)(C)Cc1ccccc1.I. The number of amides is 1. The zero-order valence-corrected chi connectivity index (χ0v) is 21.1. The number of nitrogens with zero attached hydrogens (tertiary/aromatic N) is 2. The minimum Gasteiger partial charge on any atom is -0.357 e. The number of guanidine groups is 1. The molecule has 6 heteroatoms. The van der Waals surface area contributed by atoms with Gasteiger partial charge in [0, 0.05) is 32.7 Å². The summed E-state index contributed by atoms with van der Waals surface area (Å²) in [6.45, 7) is 8.78. The first kappa shape index (κ1) is 25.9. The molecule has 0 aliphatic rings. The summed E-state index contributed by atoms with van der Waals surface area (Å²) in [5.74, 6) is 0.817. The van der Waals surface area contributed by atoms with E-state index < -0.39 is 0 Å². The van der Waals surface area contributed by atoms with E-state index in [-0.39, 0.29) is 35.3 Å². The van der Waals surface area contributed by atoms with Crippen molar-refractivity contribution in [3.8, 4) is 0 Å². The summed E-state index contributed by atoms with van der Waals surface area (Å²) in [6.07, 6.45) is 1.00. The molecule has 0 aliphatic carbocycles. The lowest BCUT2D eigenvalue weighted by molar-refractivity contribution is 0.0827. The molecule has 5 nitrogen and oxygen atoms in total. The Morgan fingerprint density at radius 2 is 1.60 bits per heavy atom. The number of carbonyl (C=O) groups excluding carboxylic acids is 1. The molecule has 0 unspecified atom stereocenters. The van der Waals surface area contributed by atoms with Crippen LogP contribution >= 0.6 is 24.0 Å². The average molecular weight is 522 g/mol. The number of benzene rings is 2. The van der Waals surface area contributed by atoms with E-state index in [1.54, 1.807) is 19.0 Å². The third-order valence-electron chi connectivity index (χ3n) is 4.63. The van der Waals surface area contributed by atoms with Crippen LogP contribution in [0.3, 0.4) is 0 Å². The van der Waals surface area contributed by atoms with Gasteiger partial charge in [0.2, 0.25) is 0 Å². The lowest BCUT2D eigenvalue weighted by Gasteiger charge is -2.26. The van der Waals surface area contributed by atoms with Crippen molar-refractivity contribution in [2.24, 2.45) is 10.4 Å². The second-order valence-electron chi connectivity index (χ2n) is 8.27. The smallest absolute Gasteiger partial charge is 0.253 e. The van der Waals surface area contributed by atoms with E-state index in [1.807, 2.05) is 30.3 Å². The Kier molecular flexibility index (Phi) is 10.9. The fraction of sp³-hybridized carbons (Fsp3) is 0.417. The number of carbonyl (C=O) groups is 1. The third-order valence-corrected chi connectivity index (χ3v) is 4.63. The Morgan fingerprint density at radius 1 is 0.967 bits per heavy atom. The molecule has 0 radical (unpaired) electrons. The first-order valence-electron chi connectivity index (χ1n) is 10.2. The highest BCUT2D eigenvalue weighted by Crippen LogP contribution is 2.20. The van der Waals surface area contributed by atoms with Crippen LogP contribution in [0.4, 0.5) is 0 Å². The predicted molar refractivity (Wildman–Crippen MR) is 137 cm³/mol. The van der Waals surface area contributed by atoms with Gasteiger partial charge in [-0.2, -0.15) is 0 Å². The number of halogens is 1. The number of hydrogen-bond acceptors (Lipinski definition) is 2. The quantitative estimate of drug-likeness (QED) is 0.308. The van der Waals surface area contributed by atoms with Gasteiger partial charge in [-0.15, -0.1) is 24.0 Å². The normalized spacial score (nSPS) is 11.4. The second kappa shape index (κ2) is 12.6. The maximum atomic E-state index is 12.0. The van der Waals surface area contributed by atoms with Crippen LogP contribution in [0.5, 0.6) is 0 Å². The summed E-state index contributed by atoms with van der Waals surface area (Å²) in [7, 11) is 3.52. The zero-order chi connectivity index (χ0) is 21.3. The van der Waals surface area contributed by atoms with Crippen LogP contribution in [0, 0.1) is 5.41 Å². The molecule has 2 rings (SSSR count). The third kappa shape index (κ3) is 8.73. The molecule has 0 saturated heterocycles. The summed E-state index contributed by atoms with van der Waals surface area (Å²) < 4.78 is 0. The summed E-state index contributed by atoms with van der Waals surface area (Å²) in [5.41, 5.74) is 3.20. The molecule has 2 N–H and O–H groups in total. The monoisotopic (exact) mass is 522 g/mol. The average Bonchev–Trinajstić information content (AvgIpc) is 2.70. The number of hydrogen-bond donors (Lipinski definition) is 2. The van der Waals surface area contributed by atoms with Gasteiger partial charge in [-0.05, 0) is 42.0 Å².